The van der Waals surface area contributed by atoms with Crippen LogP contribution in [-0.2, 0) is 34.5 Å². The Kier molecular flexibility index (Phi) is 13.2. The molecule has 0 aromatic heterocycles. The Morgan fingerprint density at radius 1 is 1.15 bits per heavy atom. The summed E-state index contributed by atoms with van der Waals surface area (Å²) in [5.41, 5.74) is 0.877. The normalized spacial score (nSPS) is 14.2. The van der Waals surface area contributed by atoms with Gasteiger partial charge in [0, 0.05) is 13.0 Å². The molecular weight excluding hydrogens is 455 g/mol. The highest BCUT2D eigenvalue weighted by Crippen LogP contribution is 2.38. The molecule has 2 N–H and O–H groups in total. The van der Waals surface area contributed by atoms with E-state index < -0.39 is 39.2 Å². The summed E-state index contributed by atoms with van der Waals surface area (Å²) in [5, 5.41) is 11.9. The Labute approximate surface area is 194 Å². The van der Waals surface area contributed by atoms with Crippen LogP contribution in [0.3, 0.4) is 0 Å². The minimum atomic E-state index is -4.57. The topological polar surface area (TPSA) is 143 Å². The zero-order chi connectivity index (χ0) is 24.7. The van der Waals surface area contributed by atoms with Gasteiger partial charge in [0.15, 0.2) is 0 Å². The number of aliphatic hydroxyl groups is 1. The van der Waals surface area contributed by atoms with E-state index in [-0.39, 0.29) is 19.6 Å². The van der Waals surface area contributed by atoms with Gasteiger partial charge in [0.2, 0.25) is 0 Å². The van der Waals surface area contributed by atoms with Crippen LogP contribution < -0.4 is 10.2 Å². The van der Waals surface area contributed by atoms with Gasteiger partial charge in [-0.3, -0.25) is 9.36 Å². The molecule has 188 valence electrons. The first-order valence-electron chi connectivity index (χ1n) is 10.7. The fourth-order valence-electron chi connectivity index (χ4n) is 2.37. The van der Waals surface area contributed by atoms with Crippen molar-refractivity contribution in [3.05, 3.63) is 35.9 Å². The summed E-state index contributed by atoms with van der Waals surface area (Å²) in [6, 6.07) is 9.27. The highest BCUT2D eigenvalue weighted by atomic mass is 31.2. The number of nitrogens with zero attached hydrogens (tertiary/aromatic N) is 1. The molecule has 1 aromatic carbocycles. The van der Waals surface area contributed by atoms with E-state index in [4.69, 9.17) is 18.5 Å². The van der Waals surface area contributed by atoms with Crippen LogP contribution in [0, 0.1) is 0 Å². The van der Waals surface area contributed by atoms with Crippen LogP contribution in [0.1, 0.15) is 24.8 Å². The highest BCUT2D eigenvalue weighted by molar-refractivity contribution is 7.45. The number of phosphoric acid groups is 1. The first-order chi connectivity index (χ1) is 15.5. The van der Waals surface area contributed by atoms with Crippen molar-refractivity contribution in [1.29, 1.82) is 0 Å². The molecule has 1 rings (SSSR count). The van der Waals surface area contributed by atoms with Gasteiger partial charge in [0.25, 0.3) is 7.82 Å². The molecule has 11 nitrogen and oxygen atoms in total. The van der Waals surface area contributed by atoms with Crippen molar-refractivity contribution >= 4 is 19.9 Å². The molecular formula is C21H35N2O9P. The predicted octanol–water partition coefficient (Wildman–Crippen LogP) is 1.20. The molecule has 1 amide bonds. The van der Waals surface area contributed by atoms with Gasteiger partial charge in [-0.15, -0.1) is 0 Å². The molecule has 12 heteroatoms. The third-order valence-corrected chi connectivity index (χ3v) is 5.19. The molecule has 1 unspecified atom stereocenters. The number of likely N-dealkylation sites (N-methyl/N-ethyl adjacent to an activating group) is 1. The Balaban J connectivity index is 2.16. The lowest BCUT2D eigenvalue weighted by Crippen LogP contribution is -2.37. The average molecular weight is 490 g/mol. The van der Waals surface area contributed by atoms with Crippen LogP contribution >= 0.6 is 7.82 Å². The van der Waals surface area contributed by atoms with E-state index in [0.29, 0.717) is 30.4 Å². The summed E-state index contributed by atoms with van der Waals surface area (Å²) < 4.78 is 31.8. The minimum Gasteiger partial charge on any atom is -0.756 e. The second kappa shape index (κ2) is 15.0. The fourth-order valence-corrected chi connectivity index (χ4v) is 3.09. The van der Waals surface area contributed by atoms with Crippen molar-refractivity contribution in [2.75, 3.05) is 54.1 Å². The average Bonchev–Trinajstić information content (AvgIpc) is 2.74. The van der Waals surface area contributed by atoms with E-state index in [1.807, 2.05) is 51.5 Å². The zero-order valence-corrected chi connectivity index (χ0v) is 20.3. The molecule has 33 heavy (non-hydrogen) atoms. The van der Waals surface area contributed by atoms with E-state index in [2.05, 4.69) is 5.32 Å². The van der Waals surface area contributed by atoms with Crippen molar-refractivity contribution in [2.24, 2.45) is 0 Å². The van der Waals surface area contributed by atoms with Crippen molar-refractivity contribution in [2.45, 2.75) is 32.0 Å². The quantitative estimate of drug-likeness (QED) is 0.151. The van der Waals surface area contributed by atoms with Gasteiger partial charge < -0.3 is 38.3 Å². The maximum absolute atomic E-state index is 11.9. The number of esters is 1. The Hall–Kier alpha value is -2.01. The second-order valence-corrected chi connectivity index (χ2v) is 9.74. The Morgan fingerprint density at radius 3 is 2.48 bits per heavy atom. The van der Waals surface area contributed by atoms with E-state index in [1.165, 1.54) is 0 Å². The van der Waals surface area contributed by atoms with Crippen LogP contribution in [0.5, 0.6) is 0 Å². The Bertz CT molecular complexity index is 756. The van der Waals surface area contributed by atoms with E-state index in [9.17, 15) is 24.2 Å². The molecule has 0 saturated carbocycles. The van der Waals surface area contributed by atoms with Crippen molar-refractivity contribution in [3.63, 3.8) is 0 Å². The predicted molar refractivity (Wildman–Crippen MR) is 118 cm³/mol. The van der Waals surface area contributed by atoms with Crippen LogP contribution in [0.2, 0.25) is 0 Å². The van der Waals surface area contributed by atoms with Gasteiger partial charge >= 0.3 is 12.1 Å². The van der Waals surface area contributed by atoms with Crippen LogP contribution in [0.4, 0.5) is 4.79 Å². The first-order valence-corrected chi connectivity index (χ1v) is 12.1. The van der Waals surface area contributed by atoms with Crippen LogP contribution in [0.15, 0.2) is 30.3 Å². The summed E-state index contributed by atoms with van der Waals surface area (Å²) >= 11 is 0. The maximum atomic E-state index is 11.9. The summed E-state index contributed by atoms with van der Waals surface area (Å²) in [4.78, 5) is 35.3. The number of unbranched alkanes of at least 4 members (excludes halogenated alkanes) is 1. The number of nitrogens with one attached hydrogen (secondary N) is 1. The number of aliphatic hydroxyl groups excluding tert-OH is 1. The maximum Gasteiger partial charge on any atom is 0.407 e. The van der Waals surface area contributed by atoms with Crippen molar-refractivity contribution in [1.82, 2.24) is 5.32 Å². The first kappa shape index (κ1) is 29.0. The largest absolute Gasteiger partial charge is 0.756 e. The number of hydrogen-bond acceptors (Lipinski definition) is 9. The number of phosphoric ester groups is 1. The number of quaternary nitrogens is 1. The molecule has 0 fully saturated rings. The lowest BCUT2D eigenvalue weighted by Gasteiger charge is -2.28. The van der Waals surface area contributed by atoms with E-state index in [1.54, 1.807) is 0 Å². The molecule has 0 aliphatic rings. The number of carbonyl (C=O) groups is 2. The number of hydrogen-bond donors (Lipinski definition) is 2. The van der Waals surface area contributed by atoms with Crippen LogP contribution in [-0.4, -0.2) is 81.8 Å². The van der Waals surface area contributed by atoms with Gasteiger partial charge in [0.1, 0.15) is 25.9 Å². The molecule has 0 spiro atoms. The smallest absolute Gasteiger partial charge is 0.407 e. The summed E-state index contributed by atoms with van der Waals surface area (Å²) in [7, 11) is 1.08. The molecule has 2 atom stereocenters. The van der Waals surface area contributed by atoms with E-state index in [0.717, 1.165) is 5.56 Å². The third-order valence-electron chi connectivity index (χ3n) is 4.22. The minimum absolute atomic E-state index is 0.0340. The van der Waals surface area contributed by atoms with Gasteiger partial charge in [-0.1, -0.05) is 30.3 Å². The van der Waals surface area contributed by atoms with Crippen molar-refractivity contribution < 1.29 is 47.2 Å². The molecule has 0 heterocycles. The standard InChI is InChI=1S/C21H35N2O9P/c1-23(2,3)13-14-30-33(27,28)31-17-19(15-24)32-20(25)11-7-8-12-22-21(26)29-16-18-9-5-4-6-10-18/h4-6,9-10,19,24H,7-8,11-17H2,1-3H3,(H-,22,26,27,28)/t19-/m1/s1. The second-order valence-electron chi connectivity index (χ2n) is 8.33. The van der Waals surface area contributed by atoms with Gasteiger partial charge in [-0.2, -0.15) is 0 Å². The van der Waals surface area contributed by atoms with Crippen LogP contribution in [0.25, 0.3) is 0 Å². The molecule has 0 bridgehead atoms. The summed E-state index contributed by atoms with van der Waals surface area (Å²) in [5.74, 6) is -0.615. The molecule has 0 saturated heterocycles. The molecule has 0 aliphatic carbocycles. The lowest BCUT2D eigenvalue weighted by atomic mass is 10.2. The molecule has 1 aromatic rings. The van der Waals surface area contributed by atoms with Gasteiger partial charge in [-0.05, 0) is 18.4 Å². The number of amides is 1. The molecule has 0 radical (unpaired) electrons. The number of rotatable bonds is 16. The monoisotopic (exact) mass is 490 g/mol. The number of alkyl carbamates (subject to hydrolysis) is 1. The fraction of sp³-hybridized carbons (Fsp3) is 0.619. The summed E-state index contributed by atoms with van der Waals surface area (Å²) in [6.07, 6.45) is -0.722. The van der Waals surface area contributed by atoms with Gasteiger partial charge in [-0.25, -0.2) is 4.79 Å². The summed E-state index contributed by atoms with van der Waals surface area (Å²) in [6.45, 7) is -0.255. The highest BCUT2D eigenvalue weighted by Gasteiger charge is 2.19. The van der Waals surface area contributed by atoms with Crippen molar-refractivity contribution in [3.8, 4) is 0 Å². The third kappa shape index (κ3) is 15.5. The Morgan fingerprint density at radius 2 is 1.85 bits per heavy atom. The van der Waals surface area contributed by atoms with Gasteiger partial charge in [0.05, 0.1) is 34.4 Å². The zero-order valence-electron chi connectivity index (χ0n) is 19.4. The number of ether oxygens (including phenoxy) is 2. The number of benzene rings is 1. The van der Waals surface area contributed by atoms with E-state index >= 15 is 0 Å². The SMILES string of the molecule is C[N+](C)(C)CCOP(=O)([O-])OC[C@@H](CO)OC(=O)CCCCNC(=O)OCc1ccccc1. The molecule has 0 aliphatic heterocycles. The number of carbonyl (C=O) groups excluding carboxylic acids is 2. The lowest BCUT2D eigenvalue weighted by molar-refractivity contribution is -0.870.